The highest BCUT2D eigenvalue weighted by Crippen LogP contribution is 2.61. The molecule has 0 radical (unpaired) electrons. The monoisotopic (exact) mass is 611 g/mol. The van der Waals surface area contributed by atoms with Crippen LogP contribution in [0.15, 0.2) is 52.5 Å². The van der Waals surface area contributed by atoms with Crippen molar-refractivity contribution in [2.75, 3.05) is 18.5 Å². The first kappa shape index (κ1) is 29.4. The summed E-state index contributed by atoms with van der Waals surface area (Å²) in [7, 11) is 0. The molecule has 3 saturated carbocycles. The number of aromatic nitrogens is 2. The SMILES string of the molecule is C[C@@H]1[C@@H](N=C(Nc2ccc3c(=O)n(CCc4ccc(Cl)cc4Cl)cnc3c2)N2CC[C@H](O)[C@H]2CO)C[C@@H]2C[C@H]1C2(C)C. The number of rotatable bonds is 6. The molecule has 4 fully saturated rings. The highest BCUT2D eigenvalue weighted by atomic mass is 35.5. The van der Waals surface area contributed by atoms with E-state index in [1.807, 2.05) is 23.1 Å². The van der Waals surface area contributed by atoms with Crippen LogP contribution in [-0.4, -0.2) is 62.0 Å². The second-order valence-electron chi connectivity index (χ2n) is 12.9. The van der Waals surface area contributed by atoms with Crippen molar-refractivity contribution in [1.29, 1.82) is 0 Å². The average Bonchev–Trinajstić information content (AvgIpc) is 3.34. The van der Waals surface area contributed by atoms with E-state index in [9.17, 15) is 15.0 Å². The fourth-order valence-corrected chi connectivity index (χ4v) is 7.94. The van der Waals surface area contributed by atoms with Crippen molar-refractivity contribution in [2.24, 2.45) is 28.2 Å². The van der Waals surface area contributed by atoms with Gasteiger partial charge < -0.3 is 20.4 Å². The Morgan fingerprint density at radius 3 is 2.71 bits per heavy atom. The van der Waals surface area contributed by atoms with Crippen LogP contribution in [0.5, 0.6) is 0 Å². The van der Waals surface area contributed by atoms with Crippen molar-refractivity contribution < 1.29 is 10.2 Å². The maximum Gasteiger partial charge on any atom is 0.261 e. The van der Waals surface area contributed by atoms with E-state index in [1.165, 1.54) is 6.42 Å². The van der Waals surface area contributed by atoms with E-state index in [1.54, 1.807) is 29.1 Å². The first-order valence-electron chi connectivity index (χ1n) is 14.9. The van der Waals surface area contributed by atoms with Gasteiger partial charge in [0.05, 0.1) is 42.0 Å². The summed E-state index contributed by atoms with van der Waals surface area (Å²) in [6.45, 7) is 7.96. The normalized spacial score (nSPS) is 28.6. The third-order valence-electron chi connectivity index (χ3n) is 10.3. The number of aliphatic hydroxyl groups excluding tert-OH is 2. The van der Waals surface area contributed by atoms with Crippen molar-refractivity contribution in [3.8, 4) is 0 Å². The highest BCUT2D eigenvalue weighted by Gasteiger charge is 2.56. The molecular formula is C32H39Cl2N5O3. The first-order valence-corrected chi connectivity index (χ1v) is 15.7. The minimum atomic E-state index is -0.613. The maximum absolute atomic E-state index is 13.3. The van der Waals surface area contributed by atoms with Crippen LogP contribution in [0.3, 0.4) is 0 Å². The van der Waals surface area contributed by atoms with E-state index in [0.717, 1.165) is 17.7 Å². The Morgan fingerprint density at radius 1 is 1.19 bits per heavy atom. The summed E-state index contributed by atoms with van der Waals surface area (Å²) in [4.78, 5) is 25.1. The van der Waals surface area contributed by atoms with Crippen molar-refractivity contribution in [1.82, 2.24) is 14.5 Å². The Bertz CT molecular complexity index is 1570. The molecule has 0 unspecified atom stereocenters. The second kappa shape index (κ2) is 11.5. The summed E-state index contributed by atoms with van der Waals surface area (Å²) >= 11 is 12.3. The van der Waals surface area contributed by atoms with Gasteiger partial charge in [0.15, 0.2) is 5.96 Å². The molecule has 10 heteroatoms. The van der Waals surface area contributed by atoms with Crippen LogP contribution in [0.25, 0.3) is 10.9 Å². The van der Waals surface area contributed by atoms with Gasteiger partial charge in [0.25, 0.3) is 5.56 Å². The number of benzene rings is 2. The van der Waals surface area contributed by atoms with Gasteiger partial charge in [-0.15, -0.1) is 0 Å². The topological polar surface area (TPSA) is 103 Å². The molecule has 6 atom stereocenters. The van der Waals surface area contributed by atoms with Gasteiger partial charge in [-0.2, -0.15) is 0 Å². The number of guanidine groups is 1. The molecule has 42 heavy (non-hydrogen) atoms. The van der Waals surface area contributed by atoms with Crippen molar-refractivity contribution in [3.05, 3.63) is 68.7 Å². The molecule has 2 heterocycles. The predicted molar refractivity (Wildman–Crippen MR) is 168 cm³/mol. The highest BCUT2D eigenvalue weighted by molar-refractivity contribution is 6.35. The van der Waals surface area contributed by atoms with Gasteiger partial charge in [-0.25, -0.2) is 9.98 Å². The zero-order valence-electron chi connectivity index (χ0n) is 24.3. The second-order valence-corrected chi connectivity index (χ2v) is 13.7. The summed E-state index contributed by atoms with van der Waals surface area (Å²) in [5, 5.41) is 25.8. The van der Waals surface area contributed by atoms with E-state index in [-0.39, 0.29) is 18.2 Å². The first-order chi connectivity index (χ1) is 20.1. The Hall–Kier alpha value is -2.65. The van der Waals surface area contributed by atoms with E-state index >= 15 is 0 Å². The van der Waals surface area contributed by atoms with Gasteiger partial charge in [-0.05, 0) is 84.7 Å². The average molecular weight is 613 g/mol. The smallest absolute Gasteiger partial charge is 0.261 e. The number of aliphatic hydroxyl groups is 2. The number of fused-ring (bicyclic) bond motifs is 3. The summed E-state index contributed by atoms with van der Waals surface area (Å²) in [6.07, 6.45) is 4.42. The third kappa shape index (κ3) is 5.32. The zero-order chi connectivity index (χ0) is 29.8. The van der Waals surface area contributed by atoms with Crippen LogP contribution in [0.4, 0.5) is 5.69 Å². The summed E-state index contributed by atoms with van der Waals surface area (Å²) in [5.74, 6) is 2.41. The standard InChI is InChI=1S/C32H39Cl2N5O3/c1-18-24-12-20(32(24,2)3)13-26(18)37-31(39-11-9-29(41)28(39)16-40)36-22-6-7-23-27(15-22)35-17-38(30(23)42)10-8-19-4-5-21(33)14-25(19)34/h4-7,14-15,17-18,20,24,26,28-29,40-41H,8-13,16H2,1-3H3,(H,36,37)/t18-,20-,24+,26-,28+,29-/m0/s1. The van der Waals surface area contributed by atoms with Gasteiger partial charge in [0.2, 0.25) is 0 Å². The Morgan fingerprint density at radius 2 is 2.00 bits per heavy atom. The minimum absolute atomic E-state index is 0.119. The fraction of sp³-hybridized carbons (Fsp3) is 0.531. The molecule has 224 valence electrons. The van der Waals surface area contributed by atoms with E-state index < -0.39 is 12.1 Å². The number of halogens is 2. The lowest BCUT2D eigenvalue weighted by Gasteiger charge is -2.61. The molecule has 1 saturated heterocycles. The Labute approximate surface area is 256 Å². The number of aliphatic imine (C=N–C) groups is 1. The summed E-state index contributed by atoms with van der Waals surface area (Å²) < 4.78 is 1.60. The number of aryl methyl sites for hydroxylation is 2. The number of hydrogen-bond donors (Lipinski definition) is 3. The lowest BCUT2D eigenvalue weighted by atomic mass is 9.45. The number of nitrogens with one attached hydrogen (secondary N) is 1. The molecule has 1 aliphatic heterocycles. The van der Waals surface area contributed by atoms with Crippen molar-refractivity contribution in [3.63, 3.8) is 0 Å². The molecule has 0 amide bonds. The van der Waals surface area contributed by atoms with Crippen LogP contribution in [0.1, 0.15) is 45.6 Å². The van der Waals surface area contributed by atoms with E-state index in [4.69, 9.17) is 28.2 Å². The minimum Gasteiger partial charge on any atom is -0.394 e. The molecule has 8 nitrogen and oxygen atoms in total. The molecule has 0 spiro atoms. The Kier molecular flexibility index (Phi) is 8.02. The number of likely N-dealkylation sites (tertiary alicyclic amines) is 1. The van der Waals surface area contributed by atoms with Crippen molar-refractivity contribution >= 4 is 45.8 Å². The van der Waals surface area contributed by atoms with Gasteiger partial charge in [0.1, 0.15) is 0 Å². The van der Waals surface area contributed by atoms with Gasteiger partial charge in [0, 0.05) is 28.8 Å². The molecular weight excluding hydrogens is 573 g/mol. The molecule has 2 bridgehead atoms. The van der Waals surface area contributed by atoms with E-state index in [0.29, 0.717) is 76.0 Å². The molecule has 4 aliphatic rings. The largest absolute Gasteiger partial charge is 0.394 e. The maximum atomic E-state index is 13.3. The molecule has 1 aromatic heterocycles. The lowest BCUT2D eigenvalue weighted by Crippen LogP contribution is -2.57. The molecule has 3 aromatic rings. The molecule has 2 aromatic carbocycles. The molecule has 7 rings (SSSR count). The summed E-state index contributed by atoms with van der Waals surface area (Å²) in [6, 6.07) is 10.6. The van der Waals surface area contributed by atoms with Crippen LogP contribution in [0.2, 0.25) is 10.0 Å². The van der Waals surface area contributed by atoms with Crippen LogP contribution >= 0.6 is 23.2 Å². The Balaban J connectivity index is 1.25. The number of hydrogen-bond acceptors (Lipinski definition) is 5. The van der Waals surface area contributed by atoms with Crippen LogP contribution < -0.4 is 10.9 Å². The lowest BCUT2D eigenvalue weighted by molar-refractivity contribution is -0.108. The molecule has 3 N–H and O–H groups in total. The third-order valence-corrected chi connectivity index (χ3v) is 10.9. The van der Waals surface area contributed by atoms with Gasteiger partial charge >= 0.3 is 0 Å². The van der Waals surface area contributed by atoms with Gasteiger partial charge in [-0.3, -0.25) is 9.36 Å². The quantitative estimate of drug-likeness (QED) is 0.261. The zero-order valence-corrected chi connectivity index (χ0v) is 25.8. The van der Waals surface area contributed by atoms with Gasteiger partial charge in [-0.1, -0.05) is 50.0 Å². The number of anilines is 1. The van der Waals surface area contributed by atoms with E-state index in [2.05, 4.69) is 31.1 Å². The van der Waals surface area contributed by atoms with Crippen LogP contribution in [0, 0.1) is 23.2 Å². The van der Waals surface area contributed by atoms with Crippen molar-refractivity contribution in [2.45, 2.75) is 71.2 Å². The molecule has 3 aliphatic carbocycles. The fourth-order valence-electron chi connectivity index (χ4n) is 7.44. The predicted octanol–water partition coefficient (Wildman–Crippen LogP) is 5.21. The van der Waals surface area contributed by atoms with Crippen LogP contribution in [-0.2, 0) is 13.0 Å². The summed E-state index contributed by atoms with van der Waals surface area (Å²) in [5.41, 5.74) is 2.49. The number of nitrogens with zero attached hydrogens (tertiary/aromatic N) is 4.